The predicted molar refractivity (Wildman–Crippen MR) is 89.8 cm³/mol. The molecule has 1 aliphatic rings. The Morgan fingerprint density at radius 2 is 1.92 bits per heavy atom. The highest BCUT2D eigenvalue weighted by molar-refractivity contribution is 5.98. The van der Waals surface area contributed by atoms with Gasteiger partial charge in [0, 0.05) is 11.6 Å². The van der Waals surface area contributed by atoms with Crippen molar-refractivity contribution >= 4 is 17.6 Å². The summed E-state index contributed by atoms with van der Waals surface area (Å²) in [5.74, 6) is -1.62. The van der Waals surface area contributed by atoms with Crippen LogP contribution in [0.25, 0.3) is 0 Å². The van der Waals surface area contributed by atoms with E-state index < -0.39 is 22.3 Å². The number of nitro benzene ring substituents is 1. The monoisotopic (exact) mass is 350 g/mol. The number of carboxylic acid groups (broad SMARTS) is 1. The molecule has 0 unspecified atom stereocenters. The number of nitrogens with zero attached hydrogens (tertiary/aromatic N) is 1. The summed E-state index contributed by atoms with van der Waals surface area (Å²) in [6.07, 6.45) is 4.01. The van der Waals surface area contributed by atoms with Crippen LogP contribution in [-0.4, -0.2) is 34.1 Å². The van der Waals surface area contributed by atoms with Crippen LogP contribution in [0, 0.1) is 10.1 Å². The molecule has 2 rings (SSSR count). The van der Waals surface area contributed by atoms with Gasteiger partial charge in [-0.15, -0.1) is 0 Å². The summed E-state index contributed by atoms with van der Waals surface area (Å²) in [5.41, 5.74) is -1.60. The minimum atomic E-state index is -1.32. The van der Waals surface area contributed by atoms with Crippen molar-refractivity contribution in [2.24, 2.45) is 0 Å². The zero-order valence-corrected chi connectivity index (χ0v) is 14.1. The van der Waals surface area contributed by atoms with Crippen molar-refractivity contribution in [1.29, 1.82) is 0 Å². The Balaban J connectivity index is 2.28. The molecule has 0 aliphatic heterocycles. The molecule has 0 radical (unpaired) electrons. The summed E-state index contributed by atoms with van der Waals surface area (Å²) in [6.45, 7) is 1.96. The van der Waals surface area contributed by atoms with Gasteiger partial charge in [-0.1, -0.05) is 25.7 Å². The van der Waals surface area contributed by atoms with Crippen LogP contribution in [0.15, 0.2) is 18.2 Å². The maximum absolute atomic E-state index is 12.5. The van der Waals surface area contributed by atoms with Crippen LogP contribution in [0.1, 0.15) is 55.8 Å². The fourth-order valence-corrected chi connectivity index (χ4v) is 3.09. The Morgan fingerprint density at radius 3 is 2.44 bits per heavy atom. The van der Waals surface area contributed by atoms with E-state index in [1.54, 1.807) is 6.92 Å². The Morgan fingerprint density at radius 1 is 1.28 bits per heavy atom. The number of amides is 1. The van der Waals surface area contributed by atoms with Crippen LogP contribution in [0.2, 0.25) is 0 Å². The van der Waals surface area contributed by atoms with Crippen LogP contribution in [0.5, 0.6) is 5.75 Å². The van der Waals surface area contributed by atoms with Gasteiger partial charge in [-0.2, -0.15) is 0 Å². The van der Waals surface area contributed by atoms with E-state index in [9.17, 15) is 24.8 Å². The second-order valence-electron chi connectivity index (χ2n) is 6.13. The Kier molecular flexibility index (Phi) is 5.95. The molecule has 0 saturated heterocycles. The number of nitro groups is 1. The van der Waals surface area contributed by atoms with Crippen molar-refractivity contribution in [3.8, 4) is 5.75 Å². The Bertz CT molecular complexity index is 665. The van der Waals surface area contributed by atoms with Gasteiger partial charge >= 0.3 is 11.7 Å². The van der Waals surface area contributed by atoms with Gasteiger partial charge in [-0.05, 0) is 31.9 Å². The third-order valence-electron chi connectivity index (χ3n) is 4.44. The summed E-state index contributed by atoms with van der Waals surface area (Å²) in [7, 11) is 0. The molecule has 2 N–H and O–H groups in total. The fourth-order valence-electron chi connectivity index (χ4n) is 3.09. The SMILES string of the molecule is CCOc1ccc(C(=O)NC2(C(=O)O)CCCCCC2)cc1[N+](=O)[O-]. The van der Waals surface area contributed by atoms with E-state index in [4.69, 9.17) is 4.74 Å². The van der Waals surface area contributed by atoms with Crippen molar-refractivity contribution in [2.45, 2.75) is 51.0 Å². The third kappa shape index (κ3) is 4.26. The third-order valence-corrected chi connectivity index (χ3v) is 4.44. The number of aliphatic carboxylic acids is 1. The first kappa shape index (κ1) is 18.7. The number of carboxylic acids is 1. The van der Waals surface area contributed by atoms with Crippen molar-refractivity contribution in [3.63, 3.8) is 0 Å². The Hall–Kier alpha value is -2.64. The van der Waals surface area contributed by atoms with Gasteiger partial charge in [0.25, 0.3) is 5.91 Å². The number of rotatable bonds is 6. The first-order chi connectivity index (χ1) is 11.9. The summed E-state index contributed by atoms with van der Waals surface area (Å²) >= 11 is 0. The van der Waals surface area contributed by atoms with Gasteiger partial charge < -0.3 is 15.2 Å². The zero-order chi connectivity index (χ0) is 18.4. The minimum Gasteiger partial charge on any atom is -0.487 e. The molecule has 25 heavy (non-hydrogen) atoms. The van der Waals surface area contributed by atoms with Crippen LogP contribution in [0.3, 0.4) is 0 Å². The number of carbonyl (C=O) groups is 2. The van der Waals surface area contributed by atoms with E-state index in [0.29, 0.717) is 12.8 Å². The molecular formula is C17H22N2O6. The topological polar surface area (TPSA) is 119 Å². The molecule has 0 aromatic heterocycles. The van der Waals surface area contributed by atoms with Gasteiger partial charge in [0.2, 0.25) is 0 Å². The van der Waals surface area contributed by atoms with Crippen LogP contribution in [-0.2, 0) is 4.79 Å². The van der Waals surface area contributed by atoms with E-state index in [1.807, 2.05) is 0 Å². The maximum atomic E-state index is 12.5. The predicted octanol–water partition coefficient (Wildman–Crippen LogP) is 2.90. The van der Waals surface area contributed by atoms with Gasteiger partial charge in [0.15, 0.2) is 5.75 Å². The lowest BCUT2D eigenvalue weighted by Gasteiger charge is -2.29. The maximum Gasteiger partial charge on any atom is 0.329 e. The van der Waals surface area contributed by atoms with Crippen molar-refractivity contribution in [2.75, 3.05) is 6.61 Å². The molecule has 1 saturated carbocycles. The van der Waals surface area contributed by atoms with Gasteiger partial charge in [-0.25, -0.2) is 4.79 Å². The molecule has 0 heterocycles. The molecule has 136 valence electrons. The van der Waals surface area contributed by atoms with Crippen LogP contribution in [0.4, 0.5) is 5.69 Å². The number of carbonyl (C=O) groups excluding carboxylic acids is 1. The molecule has 8 heteroatoms. The summed E-state index contributed by atoms with van der Waals surface area (Å²) in [6, 6.07) is 3.88. The molecule has 0 spiro atoms. The first-order valence-corrected chi connectivity index (χ1v) is 8.37. The van der Waals surface area contributed by atoms with E-state index in [1.165, 1.54) is 12.1 Å². The number of hydrogen-bond acceptors (Lipinski definition) is 5. The van der Waals surface area contributed by atoms with Crippen molar-refractivity contribution in [3.05, 3.63) is 33.9 Å². The van der Waals surface area contributed by atoms with Gasteiger partial charge in [0.05, 0.1) is 11.5 Å². The molecule has 1 aromatic rings. The largest absolute Gasteiger partial charge is 0.487 e. The van der Waals surface area contributed by atoms with E-state index in [2.05, 4.69) is 5.32 Å². The molecular weight excluding hydrogens is 328 g/mol. The highest BCUT2D eigenvalue weighted by Crippen LogP contribution is 2.30. The average Bonchev–Trinajstić information content (AvgIpc) is 2.81. The highest BCUT2D eigenvalue weighted by Gasteiger charge is 2.40. The number of benzene rings is 1. The van der Waals surface area contributed by atoms with Crippen molar-refractivity contribution in [1.82, 2.24) is 5.32 Å². The van der Waals surface area contributed by atoms with E-state index in [-0.39, 0.29) is 23.6 Å². The normalized spacial score (nSPS) is 16.5. The summed E-state index contributed by atoms with van der Waals surface area (Å²) < 4.78 is 5.19. The quantitative estimate of drug-likeness (QED) is 0.462. The number of hydrogen-bond donors (Lipinski definition) is 2. The first-order valence-electron chi connectivity index (χ1n) is 8.37. The lowest BCUT2D eigenvalue weighted by Crippen LogP contribution is -2.54. The molecule has 1 aromatic carbocycles. The highest BCUT2D eigenvalue weighted by atomic mass is 16.6. The Labute approximate surface area is 145 Å². The molecule has 0 bridgehead atoms. The van der Waals surface area contributed by atoms with Gasteiger partial charge in [0.1, 0.15) is 5.54 Å². The molecule has 0 atom stereocenters. The standard InChI is InChI=1S/C17H22N2O6/c1-2-25-14-8-7-12(11-13(14)19(23)24)15(20)18-17(16(21)22)9-5-3-4-6-10-17/h7-8,11H,2-6,9-10H2,1H3,(H,18,20)(H,21,22). The van der Waals surface area contributed by atoms with Crippen LogP contribution < -0.4 is 10.1 Å². The zero-order valence-electron chi connectivity index (χ0n) is 14.1. The average molecular weight is 350 g/mol. The molecule has 8 nitrogen and oxygen atoms in total. The van der Waals surface area contributed by atoms with Gasteiger partial charge in [-0.3, -0.25) is 14.9 Å². The summed E-state index contributed by atoms with van der Waals surface area (Å²) in [5, 5.41) is 23.4. The second kappa shape index (κ2) is 7.96. The second-order valence-corrected chi connectivity index (χ2v) is 6.13. The van der Waals surface area contributed by atoms with E-state index in [0.717, 1.165) is 31.7 Å². The van der Waals surface area contributed by atoms with E-state index >= 15 is 0 Å². The number of ether oxygens (including phenoxy) is 1. The molecule has 1 aliphatic carbocycles. The molecule has 1 amide bonds. The lowest BCUT2D eigenvalue weighted by molar-refractivity contribution is -0.385. The van der Waals surface area contributed by atoms with Crippen molar-refractivity contribution < 1.29 is 24.4 Å². The lowest BCUT2D eigenvalue weighted by atomic mass is 9.89. The number of nitrogens with one attached hydrogen (secondary N) is 1. The summed E-state index contributed by atoms with van der Waals surface area (Å²) in [4.78, 5) is 34.9. The fraction of sp³-hybridized carbons (Fsp3) is 0.529. The molecule has 1 fully saturated rings. The van der Waals surface area contributed by atoms with Crippen LogP contribution >= 0.6 is 0 Å². The smallest absolute Gasteiger partial charge is 0.329 e. The minimum absolute atomic E-state index is 0.0417.